The van der Waals surface area contributed by atoms with Gasteiger partial charge in [-0.3, -0.25) is 0 Å². The third-order valence-electron chi connectivity index (χ3n) is 28.0. The van der Waals surface area contributed by atoms with E-state index < -0.39 is 21.9 Å². The van der Waals surface area contributed by atoms with Gasteiger partial charge in [0, 0.05) is 78.3 Å². The molecule has 10 aromatic carbocycles. The van der Waals surface area contributed by atoms with E-state index in [2.05, 4.69) is 430 Å². The van der Waals surface area contributed by atoms with Gasteiger partial charge in [0.25, 0.3) is 0 Å². The Morgan fingerprint density at radius 2 is 0.477 bits per heavy atom. The van der Waals surface area contributed by atoms with Gasteiger partial charge >= 0.3 is 0 Å². The molecule has 0 amide bonds. The summed E-state index contributed by atoms with van der Waals surface area (Å²) in [5.74, 6) is 3.23. The molecular weight excluding hydrogens is 1930 g/mol. The first-order valence-corrected chi connectivity index (χ1v) is 44.9. The van der Waals surface area contributed by atoms with E-state index in [4.69, 9.17) is 30.1 Å². The van der Waals surface area contributed by atoms with Gasteiger partial charge in [0.15, 0.2) is 0 Å². The molecule has 0 saturated carbocycles. The van der Waals surface area contributed by atoms with E-state index in [0.29, 0.717) is 0 Å². The van der Waals surface area contributed by atoms with Crippen molar-refractivity contribution in [3.63, 3.8) is 0 Å². The number of nitrogens with zero attached hydrogens (tertiary/aromatic N) is 12. The molecule has 6 aliphatic rings. The van der Waals surface area contributed by atoms with Crippen LogP contribution >= 0.6 is 0 Å². The SMILES string of the molecule is CN1[CH-]N(C2(c3[c-]c(C4(c5cc[n-]n5)c5ccc(C(C)(C)C)cc5-c5cc(C(C)(C)C)ccc54)ccc3)c3ccc(C(C)(C)C)cc3-c3cc(C(C)(C)C)ccc32)c2nccnc21.CN1[CH-]N(C2(c3[c-]c(C4(c5cc[n-]n5)c5ccc(C(C)(C)C)cc5-c5cc(C(C)(C)C)ccc54)ccc3)c3ccc(C(C)(C)C)cc3-c3cc(C(C)(C)C)ccc32)c2nccnc21.[Pt].[Pt]. The molecule has 128 heavy (non-hydrogen) atoms. The number of benzene rings is 10. The van der Waals surface area contributed by atoms with Gasteiger partial charge in [0.1, 0.15) is 23.3 Å². The van der Waals surface area contributed by atoms with E-state index in [1.807, 2.05) is 24.8 Å². The van der Waals surface area contributed by atoms with Crippen LogP contribution in [0.25, 0.3) is 44.5 Å². The summed E-state index contributed by atoms with van der Waals surface area (Å²) in [4.78, 5) is 28.9. The van der Waals surface area contributed by atoms with Crippen molar-refractivity contribution in [1.82, 2.24) is 40.3 Å². The van der Waals surface area contributed by atoms with Gasteiger partial charge in [-0.05, 0) is 191 Å². The van der Waals surface area contributed by atoms with Crippen molar-refractivity contribution < 1.29 is 42.1 Å². The smallest absolute Gasteiger partial charge is 0.142 e. The van der Waals surface area contributed by atoms with Crippen molar-refractivity contribution in [2.45, 2.75) is 231 Å². The van der Waals surface area contributed by atoms with Crippen molar-refractivity contribution >= 4 is 23.3 Å². The zero-order valence-electron chi connectivity index (χ0n) is 79.1. The maximum absolute atomic E-state index is 5.09. The number of fused-ring (bicyclic) bond motifs is 14. The molecule has 0 atom stereocenters. The zero-order chi connectivity index (χ0) is 89.3. The van der Waals surface area contributed by atoms with Gasteiger partial charge < -0.3 is 40.0 Å². The fourth-order valence-electron chi connectivity index (χ4n) is 21.0. The summed E-state index contributed by atoms with van der Waals surface area (Å²) >= 11 is 0. The average molecular weight is 2050 g/mol. The van der Waals surface area contributed by atoms with E-state index in [1.54, 1.807) is 12.4 Å². The molecule has 14 aromatic rings. The van der Waals surface area contributed by atoms with Crippen LogP contribution in [0.5, 0.6) is 0 Å². The van der Waals surface area contributed by atoms with Crippen LogP contribution in [0.2, 0.25) is 0 Å². The second-order valence-corrected chi connectivity index (χ2v) is 44.4. The van der Waals surface area contributed by atoms with Crippen molar-refractivity contribution in [1.29, 1.82) is 0 Å². The third kappa shape index (κ3) is 13.6. The summed E-state index contributed by atoms with van der Waals surface area (Å²) in [7, 11) is 4.13. The molecule has 6 heterocycles. The summed E-state index contributed by atoms with van der Waals surface area (Å²) in [5, 5.41) is 19.0. The Hall–Kier alpha value is -10.6. The fourth-order valence-corrected chi connectivity index (χ4v) is 21.0. The summed E-state index contributed by atoms with van der Waals surface area (Å²) < 4.78 is 0. The minimum Gasteiger partial charge on any atom is -0.581 e. The number of anilines is 4. The first kappa shape index (κ1) is 89.3. The Labute approximate surface area is 788 Å². The second-order valence-electron chi connectivity index (χ2n) is 44.4. The van der Waals surface area contributed by atoms with Crippen LogP contribution in [-0.2, 0) is 107 Å². The van der Waals surface area contributed by atoms with E-state index in [9.17, 15) is 0 Å². The number of rotatable bonds is 8. The van der Waals surface area contributed by atoms with Gasteiger partial charge in [0.05, 0.1) is 21.9 Å². The Bertz CT molecular complexity index is 6050. The summed E-state index contributed by atoms with van der Waals surface area (Å²) in [6.45, 7) is 59.5. The minimum absolute atomic E-state index is 0. The maximum atomic E-state index is 5.09. The summed E-state index contributed by atoms with van der Waals surface area (Å²) in [6, 6.07) is 83.2. The second kappa shape index (κ2) is 30.5. The van der Waals surface area contributed by atoms with Gasteiger partial charge in [-0.25, -0.2) is 19.9 Å². The normalized spacial score (nSPS) is 15.9. The molecular formula is C114H118N12Pt2-6. The molecule has 14 heteroatoms. The molecule has 0 saturated heterocycles. The predicted octanol–water partition coefficient (Wildman–Crippen LogP) is 25.1. The number of hydrogen-bond acceptors (Lipinski definition) is 10. The van der Waals surface area contributed by atoms with Crippen molar-refractivity contribution in [2.75, 3.05) is 33.7 Å². The third-order valence-corrected chi connectivity index (χ3v) is 28.0. The van der Waals surface area contributed by atoms with Gasteiger partial charge in [-0.15, -0.1) is 22.3 Å². The maximum Gasteiger partial charge on any atom is 0.142 e. The Kier molecular flexibility index (Phi) is 21.3. The van der Waals surface area contributed by atoms with Crippen LogP contribution < -0.4 is 29.8 Å². The predicted molar refractivity (Wildman–Crippen MR) is 515 cm³/mol. The largest absolute Gasteiger partial charge is 0.581 e. The Morgan fingerprint density at radius 3 is 0.695 bits per heavy atom. The average Bonchev–Trinajstić information content (AvgIpc) is 1.52. The van der Waals surface area contributed by atoms with E-state index >= 15 is 0 Å². The van der Waals surface area contributed by atoms with E-state index in [1.165, 1.54) is 134 Å². The van der Waals surface area contributed by atoms with Crippen molar-refractivity contribution in [2.24, 2.45) is 0 Å². The van der Waals surface area contributed by atoms with Crippen LogP contribution in [0.4, 0.5) is 23.3 Å². The fraction of sp³-hybridized carbons (Fsp3) is 0.333. The van der Waals surface area contributed by atoms with Crippen LogP contribution in [0.3, 0.4) is 0 Å². The molecule has 0 spiro atoms. The molecule has 2 aliphatic heterocycles. The van der Waals surface area contributed by atoms with E-state index in [-0.39, 0.29) is 85.5 Å². The molecule has 4 aliphatic carbocycles. The molecule has 0 fully saturated rings. The summed E-state index contributed by atoms with van der Waals surface area (Å²) in [6.07, 6.45) is 10.8. The number of hydrogen-bond donors (Lipinski definition) is 0. The first-order chi connectivity index (χ1) is 59.3. The van der Waals surface area contributed by atoms with Crippen molar-refractivity contribution in [3.05, 3.63) is 379 Å². The summed E-state index contributed by atoms with van der Waals surface area (Å²) in [5.41, 5.74) is 31.9. The van der Waals surface area contributed by atoms with Crippen LogP contribution in [0, 0.1) is 25.5 Å². The monoisotopic (exact) mass is 2040 g/mol. The van der Waals surface area contributed by atoms with Gasteiger partial charge in [0.2, 0.25) is 0 Å². The number of aromatic nitrogens is 8. The van der Waals surface area contributed by atoms with Crippen LogP contribution in [0.15, 0.2) is 231 Å². The molecule has 660 valence electrons. The molecule has 0 bridgehead atoms. The van der Waals surface area contributed by atoms with Crippen molar-refractivity contribution in [3.8, 4) is 44.5 Å². The first-order valence-electron chi connectivity index (χ1n) is 44.9. The van der Waals surface area contributed by atoms with E-state index in [0.717, 1.165) is 56.9 Å². The molecule has 4 aromatic heterocycles. The molecule has 0 radical (unpaired) electrons. The molecule has 12 nitrogen and oxygen atoms in total. The Morgan fingerprint density at radius 1 is 0.266 bits per heavy atom. The molecule has 0 unspecified atom stereocenters. The van der Waals surface area contributed by atoms with Crippen LogP contribution in [0.1, 0.15) is 289 Å². The van der Waals surface area contributed by atoms with Gasteiger partial charge in [-0.2, -0.15) is 74.3 Å². The topological polar surface area (TPSA) is 119 Å². The minimum atomic E-state index is -0.877. The Balaban J connectivity index is 0.000000177. The molecule has 20 rings (SSSR count). The van der Waals surface area contributed by atoms with Crippen LogP contribution in [-0.4, -0.2) is 44.2 Å². The van der Waals surface area contributed by atoms with Gasteiger partial charge in [-0.1, -0.05) is 324 Å². The zero-order valence-corrected chi connectivity index (χ0v) is 83.6. The quantitative estimate of drug-likeness (QED) is 0.135. The molecule has 0 N–H and O–H groups in total. The standard InChI is InChI=1S/2C57H59N6.2Pt/c2*1-52(2,3)35-17-21-45-41(30-35)42-31-36(53(4,5)6)18-22-46(42)56(45,49-25-26-60-61-49)39-15-14-16-40(29-39)57(63-34-62(13)50-51(63)59-28-27-58-50)47-23-19-37(54(7,8)9)32-43(47)44-33-38(55(10,11)12)20-24-48(44)57;;/h2*14-28,30-34H,1-13H3;;/q2*-3;;.